The van der Waals surface area contributed by atoms with Crippen molar-refractivity contribution in [3.8, 4) is 11.4 Å². The van der Waals surface area contributed by atoms with Crippen LogP contribution >= 0.6 is 11.6 Å². The van der Waals surface area contributed by atoms with Crippen LogP contribution < -0.4 is 0 Å². The molecule has 0 spiro atoms. The summed E-state index contributed by atoms with van der Waals surface area (Å²) in [5.74, 6) is 0. The lowest BCUT2D eigenvalue weighted by atomic mass is 10.1. The van der Waals surface area contributed by atoms with E-state index in [9.17, 15) is 0 Å². The van der Waals surface area contributed by atoms with Crippen LogP contribution in [0.4, 0.5) is 0 Å². The number of pyridine rings is 1. The highest BCUT2D eigenvalue weighted by Gasteiger charge is 2.20. The molecule has 3 heterocycles. The van der Waals surface area contributed by atoms with Crippen LogP contribution in [0.3, 0.4) is 0 Å². The van der Waals surface area contributed by atoms with Crippen molar-refractivity contribution in [2.45, 2.75) is 25.8 Å². The van der Waals surface area contributed by atoms with Gasteiger partial charge in [0.15, 0.2) is 0 Å². The van der Waals surface area contributed by atoms with E-state index in [1.165, 1.54) is 12.8 Å². The van der Waals surface area contributed by atoms with Crippen molar-refractivity contribution in [2.24, 2.45) is 0 Å². The fourth-order valence-corrected chi connectivity index (χ4v) is 2.45. The molecule has 0 saturated carbocycles. The van der Waals surface area contributed by atoms with Gasteiger partial charge in [0.1, 0.15) is 5.69 Å². The second kappa shape index (κ2) is 3.91. The normalized spacial score (nSPS) is 14.8. The number of hydrogen-bond acceptors (Lipinski definition) is 2. The Morgan fingerprint density at radius 1 is 1.25 bits per heavy atom. The molecule has 16 heavy (non-hydrogen) atoms. The van der Waals surface area contributed by atoms with Crippen molar-refractivity contribution < 1.29 is 0 Å². The minimum atomic E-state index is 0.776. The van der Waals surface area contributed by atoms with Crippen LogP contribution in [-0.2, 0) is 13.0 Å². The van der Waals surface area contributed by atoms with E-state index in [0.717, 1.165) is 35.1 Å². The highest BCUT2D eigenvalue weighted by atomic mass is 35.5. The zero-order valence-corrected chi connectivity index (χ0v) is 9.61. The number of halogens is 1. The molecule has 0 radical (unpaired) electrons. The largest absolute Gasteiger partial charge is 0.267 e. The van der Waals surface area contributed by atoms with Crippen molar-refractivity contribution in [3.63, 3.8) is 0 Å². The minimum absolute atomic E-state index is 0.776. The van der Waals surface area contributed by atoms with Gasteiger partial charge in [0.2, 0.25) is 0 Å². The predicted octanol–water partition coefficient (Wildman–Crippen LogP) is 2.93. The molecule has 0 N–H and O–H groups in total. The Morgan fingerprint density at radius 3 is 2.94 bits per heavy atom. The van der Waals surface area contributed by atoms with Crippen LogP contribution in [0.25, 0.3) is 11.4 Å². The van der Waals surface area contributed by atoms with Gasteiger partial charge in [0.25, 0.3) is 0 Å². The van der Waals surface area contributed by atoms with Gasteiger partial charge >= 0.3 is 0 Å². The molecule has 1 aliphatic heterocycles. The fraction of sp³-hybridized carbons (Fsp3) is 0.333. The van der Waals surface area contributed by atoms with Crippen LogP contribution in [0.15, 0.2) is 24.4 Å². The van der Waals surface area contributed by atoms with Crippen LogP contribution in [-0.4, -0.2) is 14.8 Å². The highest BCUT2D eigenvalue weighted by Crippen LogP contribution is 2.31. The molecule has 3 nitrogen and oxygen atoms in total. The first kappa shape index (κ1) is 9.85. The zero-order valence-electron chi connectivity index (χ0n) is 8.86. The summed E-state index contributed by atoms with van der Waals surface area (Å²) in [5, 5.41) is 5.32. The third kappa shape index (κ3) is 1.52. The Morgan fingerprint density at radius 2 is 2.19 bits per heavy atom. The monoisotopic (exact) mass is 233 g/mol. The molecular weight excluding hydrogens is 222 g/mol. The summed E-state index contributed by atoms with van der Waals surface area (Å²) in [5.41, 5.74) is 2.84. The summed E-state index contributed by atoms with van der Waals surface area (Å²) in [4.78, 5) is 4.29. The Hall–Kier alpha value is -1.35. The summed E-state index contributed by atoms with van der Waals surface area (Å²) < 4.78 is 2.02. The number of aromatic nitrogens is 3. The maximum absolute atomic E-state index is 6.35. The zero-order chi connectivity index (χ0) is 11.0. The van der Waals surface area contributed by atoms with Crippen molar-refractivity contribution in [3.05, 3.63) is 35.1 Å². The van der Waals surface area contributed by atoms with E-state index in [0.29, 0.717) is 0 Å². The molecule has 4 heteroatoms. The molecule has 0 atom stereocenters. The Kier molecular flexibility index (Phi) is 2.40. The maximum Gasteiger partial charge on any atom is 0.130 e. The van der Waals surface area contributed by atoms with E-state index < -0.39 is 0 Å². The molecular formula is C12H12ClN3. The lowest BCUT2D eigenvalue weighted by Crippen LogP contribution is -2.10. The van der Waals surface area contributed by atoms with E-state index in [2.05, 4.69) is 10.1 Å². The third-order valence-corrected chi connectivity index (χ3v) is 3.33. The number of rotatable bonds is 1. The smallest absolute Gasteiger partial charge is 0.130 e. The van der Waals surface area contributed by atoms with Crippen LogP contribution in [0.2, 0.25) is 5.02 Å². The van der Waals surface area contributed by atoms with Gasteiger partial charge in [-0.15, -0.1) is 0 Å². The van der Waals surface area contributed by atoms with Crippen molar-refractivity contribution in [1.29, 1.82) is 0 Å². The summed E-state index contributed by atoms with van der Waals surface area (Å²) in [6.07, 6.45) is 5.18. The van der Waals surface area contributed by atoms with Gasteiger partial charge in [-0.1, -0.05) is 17.7 Å². The SMILES string of the molecule is Clc1c(-c2ccccn2)nn2c1CCCC2. The first-order chi connectivity index (χ1) is 7.86. The van der Waals surface area contributed by atoms with Crippen molar-refractivity contribution in [2.75, 3.05) is 0 Å². The molecule has 0 amide bonds. The topological polar surface area (TPSA) is 30.7 Å². The van der Waals surface area contributed by atoms with Crippen molar-refractivity contribution in [1.82, 2.24) is 14.8 Å². The summed E-state index contributed by atoms with van der Waals surface area (Å²) >= 11 is 6.35. The predicted molar refractivity (Wildman–Crippen MR) is 63.4 cm³/mol. The molecule has 0 fully saturated rings. The van der Waals surface area contributed by atoms with Crippen molar-refractivity contribution >= 4 is 11.6 Å². The standard InChI is InChI=1S/C12H12ClN3/c13-11-10-6-2-4-8-16(10)15-12(11)9-5-1-3-7-14-9/h1,3,5,7H,2,4,6,8H2. The molecule has 0 aliphatic carbocycles. The lowest BCUT2D eigenvalue weighted by Gasteiger charge is -2.12. The Bertz CT molecular complexity index is 504. The number of aryl methyl sites for hydroxylation is 1. The molecule has 0 saturated heterocycles. The lowest BCUT2D eigenvalue weighted by molar-refractivity contribution is 0.487. The summed E-state index contributed by atoms with van der Waals surface area (Å²) in [6.45, 7) is 0.974. The van der Waals surface area contributed by atoms with E-state index in [4.69, 9.17) is 11.6 Å². The quantitative estimate of drug-likeness (QED) is 0.758. The van der Waals surface area contributed by atoms with Gasteiger partial charge in [0.05, 0.1) is 16.4 Å². The van der Waals surface area contributed by atoms with E-state index in [-0.39, 0.29) is 0 Å². The molecule has 2 aromatic heterocycles. The first-order valence-corrected chi connectivity index (χ1v) is 5.90. The number of hydrogen-bond donors (Lipinski definition) is 0. The molecule has 0 unspecified atom stereocenters. The van der Waals surface area contributed by atoms with E-state index in [1.54, 1.807) is 6.20 Å². The summed E-state index contributed by atoms with van der Waals surface area (Å²) in [6, 6.07) is 5.80. The van der Waals surface area contributed by atoms with Crippen LogP contribution in [0.1, 0.15) is 18.5 Å². The molecule has 0 bridgehead atoms. The van der Waals surface area contributed by atoms with Crippen LogP contribution in [0, 0.1) is 0 Å². The van der Waals surface area contributed by atoms with E-state index in [1.807, 2.05) is 22.9 Å². The summed E-state index contributed by atoms with van der Waals surface area (Å²) in [7, 11) is 0. The molecule has 82 valence electrons. The third-order valence-electron chi connectivity index (χ3n) is 2.93. The van der Waals surface area contributed by atoms with Gasteiger partial charge in [-0.3, -0.25) is 9.67 Å². The highest BCUT2D eigenvalue weighted by molar-refractivity contribution is 6.33. The number of fused-ring (bicyclic) bond motifs is 1. The van der Waals surface area contributed by atoms with Gasteiger partial charge in [-0.05, 0) is 31.4 Å². The second-order valence-corrected chi connectivity index (χ2v) is 4.38. The Balaban J connectivity index is 2.12. The van der Waals surface area contributed by atoms with Gasteiger partial charge in [0, 0.05) is 12.7 Å². The first-order valence-electron chi connectivity index (χ1n) is 5.53. The van der Waals surface area contributed by atoms with Crippen LogP contribution in [0.5, 0.6) is 0 Å². The molecule has 1 aliphatic rings. The van der Waals surface area contributed by atoms with Gasteiger partial charge in [-0.25, -0.2) is 0 Å². The number of nitrogens with zero attached hydrogens (tertiary/aromatic N) is 3. The van der Waals surface area contributed by atoms with Gasteiger partial charge < -0.3 is 0 Å². The maximum atomic E-state index is 6.35. The Labute approximate surface area is 99.1 Å². The average Bonchev–Trinajstić information content (AvgIpc) is 2.69. The molecule has 2 aromatic rings. The fourth-order valence-electron chi connectivity index (χ4n) is 2.12. The molecule has 0 aromatic carbocycles. The molecule has 3 rings (SSSR count). The minimum Gasteiger partial charge on any atom is -0.267 e. The second-order valence-electron chi connectivity index (χ2n) is 4.00. The van der Waals surface area contributed by atoms with E-state index >= 15 is 0 Å². The average molecular weight is 234 g/mol. The van der Waals surface area contributed by atoms with Gasteiger partial charge in [-0.2, -0.15) is 5.10 Å².